The van der Waals surface area contributed by atoms with Gasteiger partial charge in [0.2, 0.25) is 0 Å². The minimum atomic E-state index is -0.711. The van der Waals surface area contributed by atoms with E-state index in [4.69, 9.17) is 0 Å². The van der Waals surface area contributed by atoms with Crippen molar-refractivity contribution in [2.24, 2.45) is 0 Å². The first kappa shape index (κ1) is 19.4. The van der Waals surface area contributed by atoms with E-state index in [0.29, 0.717) is 11.1 Å². The number of aromatic hydroxyl groups is 2. The Morgan fingerprint density at radius 3 is 1.32 bits per heavy atom. The summed E-state index contributed by atoms with van der Waals surface area (Å²) in [5, 5.41) is 19.4. The Morgan fingerprint density at radius 2 is 1.00 bits per heavy atom. The molecule has 0 aliphatic heterocycles. The number of benzene rings is 3. The third kappa shape index (κ3) is 3.54. The maximum Gasteiger partial charge on any atom is 0.159 e. The largest absolute Gasteiger partial charge is 0.508 e. The predicted molar refractivity (Wildman–Crippen MR) is 108 cm³/mol. The third-order valence-corrected chi connectivity index (χ3v) is 5.21. The second kappa shape index (κ2) is 7.31. The molecule has 2 N–H and O–H groups in total. The van der Waals surface area contributed by atoms with Crippen molar-refractivity contribution in [2.45, 2.75) is 26.2 Å². The molecular weight excluding hydrogens is 352 g/mol. The molecule has 0 aromatic heterocycles. The summed E-state index contributed by atoms with van der Waals surface area (Å²) in [6.45, 7) is 4.94. The van der Waals surface area contributed by atoms with E-state index in [9.17, 15) is 19.8 Å². The molecule has 0 bridgehead atoms. The van der Waals surface area contributed by atoms with Crippen LogP contribution in [0, 0.1) is 0 Å². The first-order chi connectivity index (χ1) is 13.2. The smallest absolute Gasteiger partial charge is 0.159 e. The van der Waals surface area contributed by atoms with Crippen LogP contribution in [0.5, 0.6) is 11.5 Å². The van der Waals surface area contributed by atoms with Gasteiger partial charge < -0.3 is 10.2 Å². The topological polar surface area (TPSA) is 74.6 Å². The van der Waals surface area contributed by atoms with Gasteiger partial charge in [0, 0.05) is 16.5 Å². The number of hydrogen-bond acceptors (Lipinski definition) is 4. The van der Waals surface area contributed by atoms with Crippen LogP contribution in [0.1, 0.15) is 58.2 Å². The van der Waals surface area contributed by atoms with Crippen LogP contribution < -0.4 is 0 Å². The highest BCUT2D eigenvalue weighted by molar-refractivity contribution is 6.00. The molecule has 0 aliphatic rings. The van der Waals surface area contributed by atoms with Crippen LogP contribution in [0.4, 0.5) is 0 Å². The highest BCUT2D eigenvalue weighted by atomic mass is 16.3. The summed E-state index contributed by atoms with van der Waals surface area (Å²) in [6.07, 6.45) is 0. The van der Waals surface area contributed by atoms with E-state index < -0.39 is 5.41 Å². The molecule has 3 aromatic rings. The molecule has 0 fully saturated rings. The number of carbonyl (C=O) groups is 2. The molecule has 0 saturated heterocycles. The summed E-state index contributed by atoms with van der Waals surface area (Å²) < 4.78 is 0. The Balaban J connectivity index is 2.33. The van der Waals surface area contributed by atoms with Gasteiger partial charge in [-0.05, 0) is 79.9 Å². The van der Waals surface area contributed by atoms with Gasteiger partial charge in [-0.25, -0.2) is 0 Å². The van der Waals surface area contributed by atoms with E-state index in [1.807, 2.05) is 31.2 Å². The van der Waals surface area contributed by atoms with Gasteiger partial charge in [-0.3, -0.25) is 9.59 Å². The SMILES string of the molecule is CC(=O)c1cc(C(C)=O)cc(C(C)(c2ccc(O)cc2)c2ccc(O)cc2)c1. The highest BCUT2D eigenvalue weighted by Crippen LogP contribution is 2.40. The fourth-order valence-corrected chi connectivity index (χ4v) is 3.41. The molecule has 0 amide bonds. The lowest BCUT2D eigenvalue weighted by molar-refractivity contribution is 0.101. The lowest BCUT2D eigenvalue weighted by Gasteiger charge is -2.32. The molecule has 28 heavy (non-hydrogen) atoms. The number of rotatable bonds is 5. The predicted octanol–water partition coefficient (Wildman–Crippen LogP) is 4.86. The third-order valence-electron chi connectivity index (χ3n) is 5.21. The van der Waals surface area contributed by atoms with Crippen molar-refractivity contribution in [2.75, 3.05) is 0 Å². The van der Waals surface area contributed by atoms with Crippen molar-refractivity contribution in [3.63, 3.8) is 0 Å². The zero-order valence-corrected chi connectivity index (χ0v) is 16.1. The van der Waals surface area contributed by atoms with Gasteiger partial charge in [-0.1, -0.05) is 24.3 Å². The fraction of sp³-hybridized carbons (Fsp3) is 0.167. The average molecular weight is 374 g/mol. The normalized spacial score (nSPS) is 11.2. The molecule has 4 heteroatoms. The van der Waals surface area contributed by atoms with Crippen LogP contribution in [-0.4, -0.2) is 21.8 Å². The molecule has 0 spiro atoms. The van der Waals surface area contributed by atoms with E-state index >= 15 is 0 Å². The van der Waals surface area contributed by atoms with E-state index in [0.717, 1.165) is 16.7 Å². The molecule has 3 aromatic carbocycles. The maximum atomic E-state index is 12.1. The zero-order chi connectivity index (χ0) is 20.5. The lowest BCUT2D eigenvalue weighted by Crippen LogP contribution is -2.26. The Morgan fingerprint density at radius 1 is 0.643 bits per heavy atom. The van der Waals surface area contributed by atoms with Crippen LogP contribution in [-0.2, 0) is 5.41 Å². The van der Waals surface area contributed by atoms with Crippen molar-refractivity contribution in [1.29, 1.82) is 0 Å². The molecule has 0 unspecified atom stereocenters. The van der Waals surface area contributed by atoms with Gasteiger partial charge in [-0.2, -0.15) is 0 Å². The highest BCUT2D eigenvalue weighted by Gasteiger charge is 2.32. The molecule has 142 valence electrons. The quantitative estimate of drug-likeness (QED) is 0.494. The van der Waals surface area contributed by atoms with Gasteiger partial charge >= 0.3 is 0 Å². The number of hydrogen-bond donors (Lipinski definition) is 2. The van der Waals surface area contributed by atoms with Crippen molar-refractivity contribution in [3.8, 4) is 11.5 Å². The van der Waals surface area contributed by atoms with Gasteiger partial charge in [0.1, 0.15) is 11.5 Å². The lowest BCUT2D eigenvalue weighted by atomic mass is 9.70. The molecule has 0 radical (unpaired) electrons. The summed E-state index contributed by atoms with van der Waals surface area (Å²) in [6, 6.07) is 18.9. The standard InChI is InChI=1S/C24H22O4/c1-15(25)17-12-18(16(2)26)14-21(13-17)24(3,19-4-8-22(27)9-5-19)20-6-10-23(28)11-7-20/h4-14,27-28H,1-3H3. The van der Waals surface area contributed by atoms with Gasteiger partial charge in [-0.15, -0.1) is 0 Å². The Kier molecular flexibility index (Phi) is 5.06. The summed E-state index contributed by atoms with van der Waals surface area (Å²) in [7, 11) is 0. The number of phenolic OH excluding ortho intramolecular Hbond substituents is 2. The van der Waals surface area contributed by atoms with Gasteiger partial charge in [0.05, 0.1) is 0 Å². The monoisotopic (exact) mass is 374 g/mol. The minimum absolute atomic E-state index is 0.122. The van der Waals surface area contributed by atoms with E-state index in [2.05, 4.69) is 0 Å². The number of ketones is 2. The first-order valence-electron chi connectivity index (χ1n) is 8.98. The van der Waals surface area contributed by atoms with Gasteiger partial charge in [0.15, 0.2) is 11.6 Å². The summed E-state index contributed by atoms with van der Waals surface area (Å²) >= 11 is 0. The summed E-state index contributed by atoms with van der Waals surface area (Å²) in [4.78, 5) is 24.2. The number of carbonyl (C=O) groups excluding carboxylic acids is 2. The maximum absolute atomic E-state index is 12.1. The number of phenols is 2. The van der Waals surface area contributed by atoms with E-state index in [1.54, 1.807) is 42.5 Å². The Bertz CT molecular complexity index is 953. The first-order valence-corrected chi connectivity index (χ1v) is 8.98. The van der Waals surface area contributed by atoms with Crippen molar-refractivity contribution < 1.29 is 19.8 Å². The second-order valence-corrected chi connectivity index (χ2v) is 7.13. The fourth-order valence-electron chi connectivity index (χ4n) is 3.41. The summed E-state index contributed by atoms with van der Waals surface area (Å²) in [5.74, 6) is 0.0589. The minimum Gasteiger partial charge on any atom is -0.508 e. The molecule has 4 nitrogen and oxygen atoms in total. The van der Waals surface area contributed by atoms with E-state index in [-0.39, 0.29) is 23.1 Å². The van der Waals surface area contributed by atoms with Crippen LogP contribution in [0.25, 0.3) is 0 Å². The van der Waals surface area contributed by atoms with Crippen LogP contribution in [0.3, 0.4) is 0 Å². The zero-order valence-electron chi connectivity index (χ0n) is 16.1. The Labute approximate surface area is 164 Å². The number of Topliss-reactive ketones (excluding diaryl/α,β-unsaturated/α-hetero) is 2. The molecule has 3 rings (SSSR count). The molecule has 0 saturated carbocycles. The molecular formula is C24H22O4. The Hall–Kier alpha value is -3.40. The molecule has 0 heterocycles. The van der Waals surface area contributed by atoms with Crippen molar-refractivity contribution >= 4 is 11.6 Å². The molecule has 0 atom stereocenters. The van der Waals surface area contributed by atoms with Crippen molar-refractivity contribution in [1.82, 2.24) is 0 Å². The second-order valence-electron chi connectivity index (χ2n) is 7.13. The summed E-state index contributed by atoms with van der Waals surface area (Å²) in [5.41, 5.74) is 2.76. The van der Waals surface area contributed by atoms with Crippen molar-refractivity contribution in [3.05, 3.63) is 94.5 Å². The molecule has 0 aliphatic carbocycles. The average Bonchev–Trinajstić information content (AvgIpc) is 2.68. The van der Waals surface area contributed by atoms with Crippen LogP contribution in [0.2, 0.25) is 0 Å². The van der Waals surface area contributed by atoms with E-state index in [1.165, 1.54) is 13.8 Å². The van der Waals surface area contributed by atoms with Crippen LogP contribution in [0.15, 0.2) is 66.7 Å². The van der Waals surface area contributed by atoms with Gasteiger partial charge in [0.25, 0.3) is 0 Å². The van der Waals surface area contributed by atoms with Crippen LogP contribution >= 0.6 is 0 Å².